The Balaban J connectivity index is 2.69. The average molecular weight is 225 g/mol. The van der Waals surface area contributed by atoms with Gasteiger partial charge in [-0.15, -0.1) is 0 Å². The standard InChI is InChI=1S/C4H3AsBrF/c6-3-1-4(7)5-2-3/h1-2,5H. The van der Waals surface area contributed by atoms with Gasteiger partial charge in [-0.25, -0.2) is 0 Å². The predicted molar refractivity (Wildman–Crippen MR) is 33.3 cm³/mol. The Morgan fingerprint density at radius 3 is 2.57 bits per heavy atom. The number of hydrogen-bond acceptors (Lipinski definition) is 0. The summed E-state index contributed by atoms with van der Waals surface area (Å²) in [5, 5.41) is 0. The molecule has 0 radical (unpaired) electrons. The second-order valence-electron chi connectivity index (χ2n) is 1.17. The molecule has 0 spiro atoms. The van der Waals surface area contributed by atoms with Crippen LogP contribution in [0.5, 0.6) is 0 Å². The molecule has 1 atom stereocenters. The van der Waals surface area contributed by atoms with Crippen LogP contribution in [0.1, 0.15) is 0 Å². The summed E-state index contributed by atoms with van der Waals surface area (Å²) in [6.07, 6.45) is 1.53. The van der Waals surface area contributed by atoms with Crippen LogP contribution in [0, 0.1) is 0 Å². The molecule has 0 fully saturated rings. The number of hydrogen-bond donors (Lipinski definition) is 0. The van der Waals surface area contributed by atoms with Gasteiger partial charge in [-0.2, -0.15) is 0 Å². The van der Waals surface area contributed by atoms with Crippen LogP contribution in [0.3, 0.4) is 0 Å². The van der Waals surface area contributed by atoms with Gasteiger partial charge in [0.2, 0.25) is 0 Å². The molecule has 3 heteroatoms. The topological polar surface area (TPSA) is 0 Å². The fourth-order valence-corrected chi connectivity index (χ4v) is 2.84. The van der Waals surface area contributed by atoms with Crippen LogP contribution in [0.2, 0.25) is 0 Å². The molecule has 0 amide bonds. The van der Waals surface area contributed by atoms with Gasteiger partial charge in [0.15, 0.2) is 0 Å². The fraction of sp³-hybridized carbons (Fsp3) is 0. The average Bonchev–Trinajstić information content (AvgIpc) is 1.87. The molecule has 0 aromatic rings. The first kappa shape index (κ1) is 5.58. The molecule has 1 rings (SSSR count). The second kappa shape index (κ2) is 2.14. The van der Waals surface area contributed by atoms with Crippen molar-refractivity contribution in [1.29, 1.82) is 0 Å². The molecule has 1 unspecified atom stereocenters. The zero-order valence-electron chi connectivity index (χ0n) is 3.41. The summed E-state index contributed by atoms with van der Waals surface area (Å²) in [4.78, 5) is 1.91. The summed E-state index contributed by atoms with van der Waals surface area (Å²) in [7, 11) is 0. The Morgan fingerprint density at radius 1 is 1.71 bits per heavy atom. The van der Waals surface area contributed by atoms with Crippen molar-refractivity contribution in [2.24, 2.45) is 0 Å². The van der Waals surface area contributed by atoms with E-state index in [4.69, 9.17) is 0 Å². The van der Waals surface area contributed by atoms with Crippen molar-refractivity contribution in [2.45, 2.75) is 0 Å². The van der Waals surface area contributed by atoms with Crippen molar-refractivity contribution in [3.05, 3.63) is 20.0 Å². The Bertz CT molecular complexity index is 139. The minimum atomic E-state index is -0.489. The molecular weight excluding hydrogens is 222 g/mol. The van der Waals surface area contributed by atoms with E-state index in [1.807, 2.05) is 4.86 Å². The van der Waals surface area contributed by atoms with Crippen LogP contribution in [0.4, 0.5) is 4.39 Å². The van der Waals surface area contributed by atoms with E-state index in [0.29, 0.717) is 0 Å². The molecule has 0 saturated heterocycles. The van der Waals surface area contributed by atoms with E-state index in [1.165, 1.54) is 6.08 Å². The summed E-state index contributed by atoms with van der Waals surface area (Å²) in [5.74, 6) is 0. The van der Waals surface area contributed by atoms with Gasteiger partial charge in [-0.05, 0) is 0 Å². The molecule has 1 aliphatic heterocycles. The van der Waals surface area contributed by atoms with Crippen LogP contribution >= 0.6 is 15.9 Å². The molecule has 7 heavy (non-hydrogen) atoms. The van der Waals surface area contributed by atoms with Gasteiger partial charge in [0.1, 0.15) is 0 Å². The number of halogens is 2. The first-order chi connectivity index (χ1) is 3.29. The van der Waals surface area contributed by atoms with E-state index in [0.717, 1.165) is 4.48 Å². The molecule has 0 saturated carbocycles. The summed E-state index contributed by atoms with van der Waals surface area (Å²) in [6.45, 7) is 0. The zero-order valence-corrected chi connectivity index (χ0v) is 7.09. The summed E-state index contributed by atoms with van der Waals surface area (Å²) in [5.41, 5.74) is 0. The Labute approximate surface area is 56.3 Å². The molecule has 38 valence electrons. The third kappa shape index (κ3) is 1.43. The normalized spacial score (nSPS) is 22.6. The third-order valence-corrected chi connectivity index (χ3v) is 3.79. The SMILES string of the molecule is FC1=CC(Br)=C[AsH]1. The molecule has 0 N–H and O–H groups in total. The van der Waals surface area contributed by atoms with Crippen LogP contribution in [-0.4, -0.2) is 15.8 Å². The molecule has 1 heterocycles. The summed E-state index contributed by atoms with van der Waals surface area (Å²) >= 11 is 2.67. The zero-order chi connectivity index (χ0) is 5.28. The van der Waals surface area contributed by atoms with Gasteiger partial charge in [-0.3, -0.25) is 0 Å². The van der Waals surface area contributed by atoms with Crippen LogP contribution < -0.4 is 0 Å². The molecule has 0 nitrogen and oxygen atoms in total. The van der Waals surface area contributed by atoms with Crippen molar-refractivity contribution in [3.8, 4) is 0 Å². The van der Waals surface area contributed by atoms with Crippen molar-refractivity contribution in [1.82, 2.24) is 0 Å². The monoisotopic (exact) mass is 224 g/mol. The quantitative estimate of drug-likeness (QED) is 0.547. The van der Waals surface area contributed by atoms with Crippen molar-refractivity contribution in [2.75, 3.05) is 0 Å². The molecule has 0 bridgehead atoms. The Hall–Kier alpha value is 0.448. The molecule has 1 aliphatic rings. The minimum absolute atomic E-state index is 0.0619. The van der Waals surface area contributed by atoms with E-state index in [9.17, 15) is 4.39 Å². The predicted octanol–water partition coefficient (Wildman–Crippen LogP) is 1.48. The van der Waals surface area contributed by atoms with Crippen LogP contribution in [0.25, 0.3) is 0 Å². The molecule has 0 aromatic heterocycles. The van der Waals surface area contributed by atoms with Gasteiger partial charge < -0.3 is 0 Å². The van der Waals surface area contributed by atoms with E-state index >= 15 is 0 Å². The summed E-state index contributed by atoms with van der Waals surface area (Å²) < 4.78 is 13.0. The van der Waals surface area contributed by atoms with Gasteiger partial charge in [-0.1, -0.05) is 0 Å². The molecular formula is C4H3AsBrF. The van der Waals surface area contributed by atoms with Crippen molar-refractivity contribution >= 4 is 31.7 Å². The first-order valence-electron chi connectivity index (χ1n) is 1.78. The van der Waals surface area contributed by atoms with E-state index in [2.05, 4.69) is 15.9 Å². The van der Waals surface area contributed by atoms with Crippen LogP contribution in [0.15, 0.2) is 20.0 Å². The van der Waals surface area contributed by atoms with E-state index in [-0.39, 0.29) is 4.61 Å². The Morgan fingerprint density at radius 2 is 2.43 bits per heavy atom. The fourth-order valence-electron chi connectivity index (χ4n) is 0.342. The van der Waals surface area contributed by atoms with E-state index < -0.39 is 15.8 Å². The van der Waals surface area contributed by atoms with Crippen molar-refractivity contribution < 1.29 is 4.39 Å². The van der Waals surface area contributed by atoms with Gasteiger partial charge >= 0.3 is 56.1 Å². The first-order valence-corrected chi connectivity index (χ1v) is 4.84. The van der Waals surface area contributed by atoms with Crippen LogP contribution in [-0.2, 0) is 0 Å². The molecule has 0 aromatic carbocycles. The van der Waals surface area contributed by atoms with E-state index in [1.54, 1.807) is 0 Å². The second-order valence-corrected chi connectivity index (χ2v) is 4.29. The van der Waals surface area contributed by atoms with Gasteiger partial charge in [0.25, 0.3) is 0 Å². The maximum atomic E-state index is 12.0. The van der Waals surface area contributed by atoms with Gasteiger partial charge in [0, 0.05) is 0 Å². The third-order valence-electron chi connectivity index (χ3n) is 0.613. The Kier molecular flexibility index (Phi) is 1.71. The summed E-state index contributed by atoms with van der Waals surface area (Å²) in [6, 6.07) is 0. The number of allylic oxidation sites excluding steroid dienone is 2. The van der Waals surface area contributed by atoms with Gasteiger partial charge in [0.05, 0.1) is 0 Å². The molecule has 0 aliphatic carbocycles. The van der Waals surface area contributed by atoms with Crippen molar-refractivity contribution in [3.63, 3.8) is 0 Å². The number of rotatable bonds is 0. The maximum absolute atomic E-state index is 12.0.